The molecule has 0 radical (unpaired) electrons. The first kappa shape index (κ1) is 14.4. The lowest BCUT2D eigenvalue weighted by molar-refractivity contribution is 0.350. The summed E-state index contributed by atoms with van der Waals surface area (Å²) in [4.78, 5) is 8.06. The summed E-state index contributed by atoms with van der Waals surface area (Å²) < 4.78 is 5.23. The standard InChI is InChI=1S/C15H14N2O2S/c1-19-14-5-4-12(3-2-8-18)13(9-14)10-20-15-6-7-16-11-17-15/h4-7,9,11,18H,8,10H2,1H3. The Kier molecular flexibility index (Phi) is 5.42. The Morgan fingerprint density at radius 1 is 1.35 bits per heavy atom. The van der Waals surface area contributed by atoms with Gasteiger partial charge in [-0.05, 0) is 29.8 Å². The van der Waals surface area contributed by atoms with Crippen molar-refractivity contribution >= 4 is 11.8 Å². The highest BCUT2D eigenvalue weighted by Gasteiger charge is 2.04. The molecule has 102 valence electrons. The zero-order valence-corrected chi connectivity index (χ0v) is 11.9. The third-order valence-corrected chi connectivity index (χ3v) is 3.54. The van der Waals surface area contributed by atoms with Crippen LogP contribution >= 0.6 is 11.8 Å². The number of benzene rings is 1. The maximum Gasteiger partial charge on any atom is 0.119 e. The number of ether oxygens (including phenoxy) is 1. The Labute approximate surface area is 122 Å². The highest BCUT2D eigenvalue weighted by atomic mass is 32.2. The second-order valence-electron chi connectivity index (χ2n) is 3.82. The first-order valence-corrected chi connectivity index (χ1v) is 6.97. The SMILES string of the molecule is COc1ccc(C#CCO)c(CSc2ccncn2)c1. The van der Waals surface area contributed by atoms with Crippen LogP contribution in [0.5, 0.6) is 5.75 Å². The van der Waals surface area contributed by atoms with Crippen molar-refractivity contribution in [1.29, 1.82) is 0 Å². The molecule has 20 heavy (non-hydrogen) atoms. The van der Waals surface area contributed by atoms with Gasteiger partial charge in [-0.2, -0.15) is 0 Å². The lowest BCUT2D eigenvalue weighted by atomic mass is 10.1. The first-order valence-electron chi connectivity index (χ1n) is 5.99. The van der Waals surface area contributed by atoms with Crippen LogP contribution in [0.1, 0.15) is 11.1 Å². The minimum absolute atomic E-state index is 0.148. The molecule has 2 rings (SSSR count). The predicted octanol–water partition coefficient (Wildman–Crippen LogP) is 2.12. The monoisotopic (exact) mass is 286 g/mol. The molecule has 0 spiro atoms. The molecular weight excluding hydrogens is 272 g/mol. The van der Waals surface area contributed by atoms with Crippen LogP contribution in [0.2, 0.25) is 0 Å². The molecule has 1 heterocycles. The minimum Gasteiger partial charge on any atom is -0.497 e. The van der Waals surface area contributed by atoms with Gasteiger partial charge in [0.15, 0.2) is 0 Å². The Balaban J connectivity index is 2.19. The third-order valence-electron chi connectivity index (χ3n) is 2.54. The molecule has 0 saturated heterocycles. The van der Waals surface area contributed by atoms with Crippen LogP contribution in [0.4, 0.5) is 0 Å². The Hall–Kier alpha value is -2.03. The molecule has 1 N–H and O–H groups in total. The molecule has 0 aliphatic carbocycles. The van der Waals surface area contributed by atoms with Crippen molar-refractivity contribution in [1.82, 2.24) is 9.97 Å². The number of aliphatic hydroxyl groups excluding tert-OH is 1. The third kappa shape index (κ3) is 3.98. The summed E-state index contributed by atoms with van der Waals surface area (Å²) in [7, 11) is 1.63. The molecule has 0 unspecified atom stereocenters. The molecule has 0 atom stereocenters. The molecule has 1 aromatic heterocycles. The number of rotatable bonds is 4. The van der Waals surface area contributed by atoms with Gasteiger partial charge in [0.2, 0.25) is 0 Å². The molecule has 0 aliphatic rings. The van der Waals surface area contributed by atoms with E-state index in [4.69, 9.17) is 9.84 Å². The molecular formula is C15H14N2O2S. The van der Waals surface area contributed by atoms with Gasteiger partial charge in [-0.15, -0.1) is 11.8 Å². The van der Waals surface area contributed by atoms with E-state index in [1.807, 2.05) is 24.3 Å². The average molecular weight is 286 g/mol. The van der Waals surface area contributed by atoms with Gasteiger partial charge in [-0.25, -0.2) is 9.97 Å². The topological polar surface area (TPSA) is 55.2 Å². The highest BCUT2D eigenvalue weighted by Crippen LogP contribution is 2.25. The van der Waals surface area contributed by atoms with Gasteiger partial charge in [-0.1, -0.05) is 11.8 Å². The van der Waals surface area contributed by atoms with E-state index in [0.29, 0.717) is 0 Å². The summed E-state index contributed by atoms with van der Waals surface area (Å²) in [6.45, 7) is -0.148. The molecule has 0 amide bonds. The van der Waals surface area contributed by atoms with Crippen LogP contribution in [0, 0.1) is 11.8 Å². The maximum atomic E-state index is 8.81. The fourth-order valence-electron chi connectivity index (χ4n) is 1.59. The number of aromatic nitrogens is 2. The predicted molar refractivity (Wildman–Crippen MR) is 78.6 cm³/mol. The maximum absolute atomic E-state index is 8.81. The number of hydrogen-bond acceptors (Lipinski definition) is 5. The van der Waals surface area contributed by atoms with Crippen molar-refractivity contribution in [3.8, 4) is 17.6 Å². The summed E-state index contributed by atoms with van der Waals surface area (Å²) in [5.74, 6) is 7.13. The minimum atomic E-state index is -0.148. The van der Waals surface area contributed by atoms with E-state index in [2.05, 4.69) is 21.8 Å². The Morgan fingerprint density at radius 2 is 2.25 bits per heavy atom. The van der Waals surface area contributed by atoms with Gasteiger partial charge >= 0.3 is 0 Å². The molecule has 4 nitrogen and oxygen atoms in total. The van der Waals surface area contributed by atoms with Crippen molar-refractivity contribution in [3.63, 3.8) is 0 Å². The second kappa shape index (κ2) is 7.53. The lowest BCUT2D eigenvalue weighted by Crippen LogP contribution is -1.92. The Bertz CT molecular complexity index is 621. The molecule has 0 saturated carbocycles. The number of nitrogens with zero attached hydrogens (tertiary/aromatic N) is 2. The van der Waals surface area contributed by atoms with Crippen LogP contribution in [0.25, 0.3) is 0 Å². The van der Waals surface area contributed by atoms with E-state index in [1.165, 1.54) is 6.33 Å². The van der Waals surface area contributed by atoms with Crippen LogP contribution in [-0.2, 0) is 5.75 Å². The van der Waals surface area contributed by atoms with E-state index < -0.39 is 0 Å². The van der Waals surface area contributed by atoms with Crippen LogP contribution in [0.3, 0.4) is 0 Å². The van der Waals surface area contributed by atoms with Gasteiger partial charge in [0.05, 0.1) is 12.1 Å². The van der Waals surface area contributed by atoms with Crippen LogP contribution in [-0.4, -0.2) is 28.8 Å². The molecule has 0 aliphatic heterocycles. The van der Waals surface area contributed by atoms with Crippen molar-refractivity contribution in [2.45, 2.75) is 10.8 Å². The van der Waals surface area contributed by atoms with E-state index in [1.54, 1.807) is 25.1 Å². The molecule has 1 aromatic carbocycles. The number of hydrogen-bond donors (Lipinski definition) is 1. The number of methoxy groups -OCH3 is 1. The number of thioether (sulfide) groups is 1. The summed E-state index contributed by atoms with van der Waals surface area (Å²) in [5.41, 5.74) is 1.94. The number of aliphatic hydroxyl groups is 1. The lowest BCUT2D eigenvalue weighted by Gasteiger charge is -2.07. The smallest absolute Gasteiger partial charge is 0.119 e. The van der Waals surface area contributed by atoms with Crippen molar-refractivity contribution < 1.29 is 9.84 Å². The van der Waals surface area contributed by atoms with Crippen molar-refractivity contribution in [2.24, 2.45) is 0 Å². The zero-order chi connectivity index (χ0) is 14.2. The van der Waals surface area contributed by atoms with Gasteiger partial charge in [-0.3, -0.25) is 0 Å². The van der Waals surface area contributed by atoms with E-state index >= 15 is 0 Å². The van der Waals surface area contributed by atoms with E-state index in [-0.39, 0.29) is 6.61 Å². The van der Waals surface area contributed by atoms with Gasteiger partial charge in [0.25, 0.3) is 0 Å². The highest BCUT2D eigenvalue weighted by molar-refractivity contribution is 7.98. The quantitative estimate of drug-likeness (QED) is 0.530. The molecule has 0 bridgehead atoms. The summed E-state index contributed by atoms with van der Waals surface area (Å²) in [5, 5.41) is 9.71. The van der Waals surface area contributed by atoms with Gasteiger partial charge in [0, 0.05) is 17.5 Å². The Morgan fingerprint density at radius 3 is 2.95 bits per heavy atom. The summed E-state index contributed by atoms with van der Waals surface area (Å²) in [6, 6.07) is 7.58. The molecule has 0 fully saturated rings. The first-order chi connectivity index (χ1) is 9.83. The largest absolute Gasteiger partial charge is 0.497 e. The van der Waals surface area contributed by atoms with Crippen molar-refractivity contribution in [3.05, 3.63) is 47.9 Å². The molecule has 5 heteroatoms. The average Bonchev–Trinajstić information content (AvgIpc) is 2.52. The second-order valence-corrected chi connectivity index (χ2v) is 4.81. The fraction of sp³-hybridized carbons (Fsp3) is 0.200. The van der Waals surface area contributed by atoms with E-state index in [0.717, 1.165) is 27.7 Å². The van der Waals surface area contributed by atoms with Crippen LogP contribution in [0.15, 0.2) is 41.8 Å². The van der Waals surface area contributed by atoms with Gasteiger partial charge in [0.1, 0.15) is 18.7 Å². The summed E-state index contributed by atoms with van der Waals surface area (Å²) in [6.07, 6.45) is 3.24. The zero-order valence-electron chi connectivity index (χ0n) is 11.0. The molecule has 2 aromatic rings. The fourth-order valence-corrected chi connectivity index (χ4v) is 2.41. The summed E-state index contributed by atoms with van der Waals surface area (Å²) >= 11 is 1.60. The van der Waals surface area contributed by atoms with Crippen molar-refractivity contribution in [2.75, 3.05) is 13.7 Å². The van der Waals surface area contributed by atoms with Crippen LogP contribution < -0.4 is 4.74 Å². The van der Waals surface area contributed by atoms with E-state index in [9.17, 15) is 0 Å². The van der Waals surface area contributed by atoms with Gasteiger partial charge < -0.3 is 9.84 Å². The normalized spacial score (nSPS) is 9.70.